The molecule has 1 aliphatic carbocycles. The largest absolute Gasteiger partial charge is 0.368 e. The first kappa shape index (κ1) is 17.4. The van der Waals surface area contributed by atoms with E-state index in [0.717, 1.165) is 28.9 Å². The first-order valence-corrected chi connectivity index (χ1v) is 11.3. The molecule has 7 heteroatoms. The second kappa shape index (κ2) is 6.96. The minimum atomic E-state index is -3.30. The van der Waals surface area contributed by atoms with Gasteiger partial charge in [0, 0.05) is 11.4 Å². The molecule has 2 heterocycles. The van der Waals surface area contributed by atoms with Crippen LogP contribution < -0.4 is 5.32 Å². The van der Waals surface area contributed by atoms with Crippen LogP contribution in [0, 0.1) is 6.92 Å². The topological polar surface area (TPSA) is 72.0 Å². The van der Waals surface area contributed by atoms with Crippen molar-refractivity contribution in [3.8, 4) is 0 Å². The van der Waals surface area contributed by atoms with Gasteiger partial charge in [-0.15, -0.1) is 11.3 Å². The Kier molecular flexibility index (Phi) is 4.67. The molecule has 4 rings (SSSR count). The zero-order valence-corrected chi connectivity index (χ0v) is 16.3. The minimum absolute atomic E-state index is 0.0356. The van der Waals surface area contributed by atoms with Gasteiger partial charge in [-0.05, 0) is 50.3 Å². The van der Waals surface area contributed by atoms with Gasteiger partial charge in [0.05, 0.1) is 16.0 Å². The Morgan fingerprint density at radius 2 is 1.88 bits per heavy atom. The Morgan fingerprint density at radius 1 is 1.12 bits per heavy atom. The van der Waals surface area contributed by atoms with Gasteiger partial charge in [0.25, 0.3) is 0 Å². The van der Waals surface area contributed by atoms with E-state index in [4.69, 9.17) is 0 Å². The monoisotopic (exact) mass is 387 g/mol. The molecule has 1 aromatic carbocycles. The van der Waals surface area contributed by atoms with Gasteiger partial charge in [-0.25, -0.2) is 18.4 Å². The summed E-state index contributed by atoms with van der Waals surface area (Å²) in [6, 6.07) is 8.58. The van der Waals surface area contributed by atoms with Crippen molar-refractivity contribution in [3.05, 3.63) is 46.6 Å². The van der Waals surface area contributed by atoms with Crippen molar-refractivity contribution >= 4 is 37.2 Å². The van der Waals surface area contributed by atoms with Gasteiger partial charge in [0.1, 0.15) is 16.5 Å². The molecule has 26 heavy (non-hydrogen) atoms. The van der Waals surface area contributed by atoms with Crippen molar-refractivity contribution in [2.45, 2.75) is 37.5 Å². The second-order valence-electron chi connectivity index (χ2n) is 6.57. The molecule has 2 aromatic heterocycles. The van der Waals surface area contributed by atoms with Crippen LogP contribution in [0.15, 0.2) is 35.2 Å². The Balaban J connectivity index is 1.59. The van der Waals surface area contributed by atoms with Gasteiger partial charge in [-0.2, -0.15) is 0 Å². The van der Waals surface area contributed by atoms with Gasteiger partial charge in [0.15, 0.2) is 9.84 Å². The van der Waals surface area contributed by atoms with E-state index < -0.39 is 9.84 Å². The summed E-state index contributed by atoms with van der Waals surface area (Å²) in [6.07, 6.45) is 4.58. The molecule has 0 saturated carbocycles. The van der Waals surface area contributed by atoms with Crippen LogP contribution in [0.4, 0.5) is 5.82 Å². The van der Waals surface area contributed by atoms with Crippen LogP contribution in [-0.4, -0.2) is 30.7 Å². The van der Waals surface area contributed by atoms with Gasteiger partial charge in [-0.3, -0.25) is 0 Å². The number of nitrogens with zero attached hydrogens (tertiary/aromatic N) is 2. The van der Waals surface area contributed by atoms with Gasteiger partial charge >= 0.3 is 0 Å². The van der Waals surface area contributed by atoms with Crippen LogP contribution in [0.5, 0.6) is 0 Å². The number of nitrogens with one attached hydrogen (secondary N) is 1. The molecule has 0 spiro atoms. The number of hydrogen-bond donors (Lipinski definition) is 1. The number of fused-ring (bicyclic) bond motifs is 3. The standard InChI is InChI=1S/C19H21N3O2S2/c1-13-21-18(17-15-9-5-6-10-16(15)25-19(17)22-13)20-11-12-26(23,24)14-7-3-2-4-8-14/h2-4,7-8H,5-6,9-12H2,1H3,(H,20,21,22). The first-order chi connectivity index (χ1) is 12.5. The van der Waals surface area contributed by atoms with Crippen molar-refractivity contribution in [2.24, 2.45) is 0 Å². The summed E-state index contributed by atoms with van der Waals surface area (Å²) >= 11 is 1.75. The number of thiophene rings is 1. The van der Waals surface area contributed by atoms with Crippen LogP contribution in [0.25, 0.3) is 10.2 Å². The number of sulfone groups is 1. The van der Waals surface area contributed by atoms with Gasteiger partial charge in [-0.1, -0.05) is 18.2 Å². The fourth-order valence-electron chi connectivity index (χ4n) is 3.44. The Labute approximate surface area is 157 Å². The molecular formula is C19H21N3O2S2. The van der Waals surface area contributed by atoms with E-state index in [1.165, 1.54) is 23.3 Å². The summed E-state index contributed by atoms with van der Waals surface area (Å²) in [7, 11) is -3.30. The quantitative estimate of drug-likeness (QED) is 0.722. The molecule has 0 bridgehead atoms. The highest BCUT2D eigenvalue weighted by Gasteiger charge is 2.21. The highest BCUT2D eigenvalue weighted by molar-refractivity contribution is 7.91. The zero-order valence-electron chi connectivity index (χ0n) is 14.7. The van der Waals surface area contributed by atoms with Crippen molar-refractivity contribution in [2.75, 3.05) is 17.6 Å². The minimum Gasteiger partial charge on any atom is -0.368 e. The smallest absolute Gasteiger partial charge is 0.180 e. The molecule has 1 N–H and O–H groups in total. The third-order valence-electron chi connectivity index (χ3n) is 4.69. The van der Waals surface area contributed by atoms with Crippen LogP contribution in [0.2, 0.25) is 0 Å². The second-order valence-corrected chi connectivity index (χ2v) is 9.76. The average Bonchev–Trinajstić information content (AvgIpc) is 3.00. The molecule has 0 saturated heterocycles. The lowest BCUT2D eigenvalue weighted by Crippen LogP contribution is -2.17. The number of rotatable bonds is 5. The number of hydrogen-bond acceptors (Lipinski definition) is 6. The number of aryl methyl sites for hydroxylation is 3. The molecule has 0 atom stereocenters. The summed E-state index contributed by atoms with van der Waals surface area (Å²) in [5, 5.41) is 4.36. The predicted octanol–water partition coefficient (Wildman–Crippen LogP) is 3.76. The summed E-state index contributed by atoms with van der Waals surface area (Å²) in [5.74, 6) is 1.52. The SMILES string of the molecule is Cc1nc(NCCS(=O)(=O)c2ccccc2)c2c3c(sc2n1)CCCC3. The Hall–Kier alpha value is -1.99. The summed E-state index contributed by atoms with van der Waals surface area (Å²) < 4.78 is 24.9. The van der Waals surface area contributed by atoms with E-state index in [-0.39, 0.29) is 5.75 Å². The molecule has 0 aliphatic heterocycles. The van der Waals surface area contributed by atoms with Crippen molar-refractivity contribution in [1.82, 2.24) is 9.97 Å². The lowest BCUT2D eigenvalue weighted by molar-refractivity contribution is 0.596. The highest BCUT2D eigenvalue weighted by atomic mass is 32.2. The van der Waals surface area contributed by atoms with E-state index in [2.05, 4.69) is 15.3 Å². The number of anilines is 1. The highest BCUT2D eigenvalue weighted by Crippen LogP contribution is 2.38. The maximum absolute atomic E-state index is 12.5. The first-order valence-electron chi connectivity index (χ1n) is 8.85. The van der Waals surface area contributed by atoms with E-state index in [9.17, 15) is 8.42 Å². The summed E-state index contributed by atoms with van der Waals surface area (Å²) in [5.41, 5.74) is 1.35. The van der Waals surface area contributed by atoms with Gasteiger partial charge < -0.3 is 5.32 Å². The van der Waals surface area contributed by atoms with E-state index in [1.807, 2.05) is 13.0 Å². The molecule has 0 unspecified atom stereocenters. The van der Waals surface area contributed by atoms with Crippen molar-refractivity contribution in [1.29, 1.82) is 0 Å². The fourth-order valence-corrected chi connectivity index (χ4v) is 5.93. The normalized spacial score (nSPS) is 14.3. The van der Waals surface area contributed by atoms with Crippen LogP contribution >= 0.6 is 11.3 Å². The molecular weight excluding hydrogens is 366 g/mol. The van der Waals surface area contributed by atoms with Gasteiger partial charge in [0.2, 0.25) is 0 Å². The fraction of sp³-hybridized carbons (Fsp3) is 0.368. The molecule has 5 nitrogen and oxygen atoms in total. The molecule has 136 valence electrons. The number of aromatic nitrogens is 2. The Morgan fingerprint density at radius 3 is 2.69 bits per heavy atom. The average molecular weight is 388 g/mol. The maximum atomic E-state index is 12.5. The van der Waals surface area contributed by atoms with Crippen LogP contribution in [0.3, 0.4) is 0 Å². The van der Waals surface area contributed by atoms with Crippen molar-refractivity contribution in [3.63, 3.8) is 0 Å². The maximum Gasteiger partial charge on any atom is 0.180 e. The summed E-state index contributed by atoms with van der Waals surface area (Å²) in [6.45, 7) is 2.21. The third kappa shape index (κ3) is 3.33. The third-order valence-corrected chi connectivity index (χ3v) is 7.61. The van der Waals surface area contributed by atoms with Crippen molar-refractivity contribution < 1.29 is 8.42 Å². The van der Waals surface area contributed by atoms with E-state index >= 15 is 0 Å². The Bertz CT molecular complexity index is 1040. The number of benzene rings is 1. The van der Waals surface area contributed by atoms with E-state index in [1.54, 1.807) is 35.6 Å². The predicted molar refractivity (Wildman–Crippen MR) is 106 cm³/mol. The van der Waals surface area contributed by atoms with Crippen LogP contribution in [0.1, 0.15) is 29.1 Å². The molecule has 1 aliphatic rings. The lowest BCUT2D eigenvalue weighted by atomic mass is 9.97. The van der Waals surface area contributed by atoms with E-state index in [0.29, 0.717) is 17.3 Å². The molecule has 0 radical (unpaired) electrons. The molecule has 0 fully saturated rings. The zero-order chi connectivity index (χ0) is 18.1. The lowest BCUT2D eigenvalue weighted by Gasteiger charge is -2.13. The molecule has 0 amide bonds. The summed E-state index contributed by atoms with van der Waals surface area (Å²) in [4.78, 5) is 11.9. The molecule has 3 aromatic rings. The van der Waals surface area contributed by atoms with Crippen LogP contribution in [-0.2, 0) is 22.7 Å².